The number of carbonyl (C=O) groups is 1. The molecule has 5 heteroatoms. The highest BCUT2D eigenvalue weighted by molar-refractivity contribution is 5.92. The Hall–Kier alpha value is -1.91. The summed E-state index contributed by atoms with van der Waals surface area (Å²) in [4.78, 5) is 17.3. The second-order valence-electron chi connectivity index (χ2n) is 3.60. The molecule has 0 aromatic carbocycles. The van der Waals surface area contributed by atoms with Gasteiger partial charge in [0.05, 0.1) is 11.9 Å². The number of aryl methyl sites for hydroxylation is 1. The molecule has 15 heavy (non-hydrogen) atoms. The molecule has 2 aromatic rings. The van der Waals surface area contributed by atoms with Crippen LogP contribution in [0.2, 0.25) is 0 Å². The maximum atomic E-state index is 11.6. The molecule has 0 bridgehead atoms. The summed E-state index contributed by atoms with van der Waals surface area (Å²) in [6, 6.07) is 3.71. The third-order valence-corrected chi connectivity index (χ3v) is 2.08. The second kappa shape index (κ2) is 3.34. The smallest absolute Gasteiger partial charge is 0.273 e. The summed E-state index contributed by atoms with van der Waals surface area (Å²) in [5.74, 6) is -0.113. The molecule has 2 aromatic heterocycles. The molecule has 1 amide bonds. The van der Waals surface area contributed by atoms with Crippen molar-refractivity contribution < 1.29 is 4.79 Å². The van der Waals surface area contributed by atoms with Gasteiger partial charge in [-0.05, 0) is 19.1 Å². The predicted molar refractivity (Wildman–Crippen MR) is 55.7 cm³/mol. The second-order valence-corrected chi connectivity index (χ2v) is 3.60. The van der Waals surface area contributed by atoms with E-state index in [1.165, 1.54) is 4.90 Å². The van der Waals surface area contributed by atoms with E-state index >= 15 is 0 Å². The zero-order valence-electron chi connectivity index (χ0n) is 8.93. The lowest BCUT2D eigenvalue weighted by Crippen LogP contribution is -2.21. The first-order valence-corrected chi connectivity index (χ1v) is 4.62. The van der Waals surface area contributed by atoms with Crippen LogP contribution in [0.1, 0.15) is 16.2 Å². The van der Waals surface area contributed by atoms with E-state index in [9.17, 15) is 4.79 Å². The predicted octanol–water partition coefficient (Wildman–Crippen LogP) is 0.740. The van der Waals surface area contributed by atoms with E-state index in [-0.39, 0.29) is 5.91 Å². The van der Waals surface area contributed by atoms with Gasteiger partial charge in [-0.1, -0.05) is 0 Å². The average Bonchev–Trinajstić information content (AvgIpc) is 2.58. The number of amides is 1. The fourth-order valence-corrected chi connectivity index (χ4v) is 1.31. The molecule has 2 heterocycles. The Morgan fingerprint density at radius 3 is 2.80 bits per heavy atom. The summed E-state index contributed by atoms with van der Waals surface area (Å²) in [6.45, 7) is 1.90. The summed E-state index contributed by atoms with van der Waals surface area (Å²) in [5.41, 5.74) is 1.99. The first kappa shape index (κ1) is 9.64. The number of carbonyl (C=O) groups excluding carboxylic acids is 1. The van der Waals surface area contributed by atoms with Gasteiger partial charge in [-0.15, -0.1) is 0 Å². The highest BCUT2D eigenvalue weighted by atomic mass is 16.2. The third-order valence-electron chi connectivity index (χ3n) is 2.08. The van der Waals surface area contributed by atoms with Crippen molar-refractivity contribution in [3.63, 3.8) is 0 Å². The van der Waals surface area contributed by atoms with Crippen LogP contribution in [0.3, 0.4) is 0 Å². The van der Waals surface area contributed by atoms with Crippen molar-refractivity contribution in [3.8, 4) is 0 Å². The van der Waals surface area contributed by atoms with Crippen LogP contribution in [0.4, 0.5) is 0 Å². The first-order valence-electron chi connectivity index (χ1n) is 4.62. The van der Waals surface area contributed by atoms with Crippen LogP contribution in [-0.4, -0.2) is 39.5 Å². The van der Waals surface area contributed by atoms with E-state index < -0.39 is 0 Å². The Bertz CT molecular complexity index is 515. The normalized spacial score (nSPS) is 10.6. The molecular formula is C10H12N4O. The van der Waals surface area contributed by atoms with Crippen LogP contribution in [-0.2, 0) is 0 Å². The number of rotatable bonds is 1. The Balaban J connectivity index is 2.52. The molecule has 0 unspecified atom stereocenters. The van der Waals surface area contributed by atoms with Gasteiger partial charge in [0.25, 0.3) is 5.91 Å². The number of imidazole rings is 1. The molecule has 0 aliphatic carbocycles. The molecule has 2 rings (SSSR count). The van der Waals surface area contributed by atoms with Crippen LogP contribution in [0.15, 0.2) is 18.3 Å². The zero-order valence-corrected chi connectivity index (χ0v) is 8.93. The standard InChI is InChI=1S/C10H12N4O/c1-7-4-5-9-11-8(6-14(9)12-7)10(15)13(2)3/h4-6H,1-3H3. The molecular weight excluding hydrogens is 192 g/mol. The lowest BCUT2D eigenvalue weighted by Gasteiger charge is -2.05. The fraction of sp³-hybridized carbons (Fsp3) is 0.300. The van der Waals surface area contributed by atoms with Gasteiger partial charge in [-0.2, -0.15) is 5.10 Å². The molecule has 0 aliphatic heterocycles. The summed E-state index contributed by atoms with van der Waals surface area (Å²) < 4.78 is 1.62. The molecule has 0 atom stereocenters. The lowest BCUT2D eigenvalue weighted by molar-refractivity contribution is 0.0822. The van der Waals surface area contributed by atoms with Gasteiger partial charge >= 0.3 is 0 Å². The van der Waals surface area contributed by atoms with Gasteiger partial charge in [-0.3, -0.25) is 4.79 Å². The van der Waals surface area contributed by atoms with Gasteiger partial charge in [0.2, 0.25) is 0 Å². The SMILES string of the molecule is Cc1ccc2nc(C(=O)N(C)C)cn2n1. The summed E-state index contributed by atoms with van der Waals surface area (Å²) in [6.07, 6.45) is 1.64. The van der Waals surface area contributed by atoms with Crippen LogP contribution in [0.25, 0.3) is 5.65 Å². The highest BCUT2D eigenvalue weighted by Gasteiger charge is 2.12. The Morgan fingerprint density at radius 2 is 2.13 bits per heavy atom. The van der Waals surface area contributed by atoms with Crippen molar-refractivity contribution in [2.75, 3.05) is 14.1 Å². The van der Waals surface area contributed by atoms with Gasteiger partial charge < -0.3 is 4.90 Å². The number of aromatic nitrogens is 3. The largest absolute Gasteiger partial charge is 0.343 e. The van der Waals surface area contributed by atoms with Crippen LogP contribution in [0, 0.1) is 6.92 Å². The molecule has 5 nitrogen and oxygen atoms in total. The van der Waals surface area contributed by atoms with E-state index in [1.54, 1.807) is 24.8 Å². The van der Waals surface area contributed by atoms with E-state index in [2.05, 4.69) is 10.1 Å². The van der Waals surface area contributed by atoms with Gasteiger partial charge in [0.1, 0.15) is 5.69 Å². The maximum absolute atomic E-state index is 11.6. The molecule has 0 N–H and O–H groups in total. The van der Waals surface area contributed by atoms with Gasteiger partial charge in [0.15, 0.2) is 5.65 Å². The summed E-state index contributed by atoms with van der Waals surface area (Å²) in [5, 5.41) is 4.22. The minimum absolute atomic E-state index is 0.113. The lowest BCUT2D eigenvalue weighted by atomic mass is 10.4. The van der Waals surface area contributed by atoms with Crippen molar-refractivity contribution >= 4 is 11.6 Å². The Labute approximate surface area is 87.3 Å². The number of hydrogen-bond acceptors (Lipinski definition) is 3. The van der Waals surface area contributed by atoms with Crippen molar-refractivity contribution in [1.82, 2.24) is 19.5 Å². The zero-order chi connectivity index (χ0) is 11.0. The first-order chi connectivity index (χ1) is 7.08. The molecule has 0 aliphatic rings. The van der Waals surface area contributed by atoms with Crippen LogP contribution in [0.5, 0.6) is 0 Å². The van der Waals surface area contributed by atoms with E-state index in [4.69, 9.17) is 0 Å². The topological polar surface area (TPSA) is 50.5 Å². The highest BCUT2D eigenvalue weighted by Crippen LogP contribution is 2.05. The van der Waals surface area contributed by atoms with E-state index in [1.807, 2.05) is 19.1 Å². The van der Waals surface area contributed by atoms with Gasteiger partial charge in [0, 0.05) is 14.1 Å². The molecule has 0 fully saturated rings. The molecule has 0 radical (unpaired) electrons. The average molecular weight is 204 g/mol. The summed E-state index contributed by atoms with van der Waals surface area (Å²) in [7, 11) is 3.40. The quantitative estimate of drug-likeness (QED) is 0.688. The van der Waals surface area contributed by atoms with Crippen LogP contribution < -0.4 is 0 Å². The number of fused-ring (bicyclic) bond motifs is 1. The molecule has 0 saturated carbocycles. The Kier molecular flexibility index (Phi) is 2.15. The minimum atomic E-state index is -0.113. The van der Waals surface area contributed by atoms with E-state index in [0.717, 1.165) is 5.69 Å². The number of nitrogens with zero attached hydrogens (tertiary/aromatic N) is 4. The molecule has 0 spiro atoms. The molecule has 0 saturated heterocycles. The Morgan fingerprint density at radius 1 is 1.40 bits per heavy atom. The van der Waals surface area contributed by atoms with Crippen molar-refractivity contribution in [3.05, 3.63) is 29.7 Å². The van der Waals surface area contributed by atoms with Crippen molar-refractivity contribution in [2.24, 2.45) is 0 Å². The minimum Gasteiger partial charge on any atom is -0.343 e. The number of hydrogen-bond donors (Lipinski definition) is 0. The third kappa shape index (κ3) is 1.68. The fourth-order valence-electron chi connectivity index (χ4n) is 1.31. The molecule has 78 valence electrons. The van der Waals surface area contributed by atoms with Crippen molar-refractivity contribution in [1.29, 1.82) is 0 Å². The van der Waals surface area contributed by atoms with Crippen LogP contribution >= 0.6 is 0 Å². The van der Waals surface area contributed by atoms with Gasteiger partial charge in [-0.25, -0.2) is 9.50 Å². The summed E-state index contributed by atoms with van der Waals surface area (Å²) >= 11 is 0. The van der Waals surface area contributed by atoms with E-state index in [0.29, 0.717) is 11.3 Å². The monoisotopic (exact) mass is 204 g/mol. The maximum Gasteiger partial charge on any atom is 0.273 e. The van der Waals surface area contributed by atoms with Crippen molar-refractivity contribution in [2.45, 2.75) is 6.92 Å².